The summed E-state index contributed by atoms with van der Waals surface area (Å²) in [6.45, 7) is 3.55. The Bertz CT molecular complexity index is 506. The van der Waals surface area contributed by atoms with E-state index in [1.807, 2.05) is 6.92 Å². The summed E-state index contributed by atoms with van der Waals surface area (Å²) in [7, 11) is 0. The summed E-state index contributed by atoms with van der Waals surface area (Å²) in [6.07, 6.45) is -0.669. The molecule has 7 heteroatoms. The lowest BCUT2D eigenvalue weighted by atomic mass is 9.83. The third-order valence-corrected chi connectivity index (χ3v) is 4.67. The molecule has 20 heavy (non-hydrogen) atoms. The van der Waals surface area contributed by atoms with E-state index in [0.29, 0.717) is 10.6 Å². The topological polar surface area (TPSA) is 62.2 Å². The zero-order valence-corrected chi connectivity index (χ0v) is 12.3. The lowest BCUT2D eigenvalue weighted by molar-refractivity contribution is -0.101. The number of nitrogens with zero attached hydrogens (tertiary/aromatic N) is 1. The zero-order valence-electron chi connectivity index (χ0n) is 11.5. The van der Waals surface area contributed by atoms with Crippen molar-refractivity contribution < 1.29 is 18.7 Å². The number of alkyl halides is 2. The van der Waals surface area contributed by atoms with Crippen molar-refractivity contribution in [2.45, 2.75) is 51.1 Å². The normalized spacial score (nSPS) is 20.6. The fourth-order valence-electron chi connectivity index (χ4n) is 2.32. The first-order valence-corrected chi connectivity index (χ1v) is 7.35. The lowest BCUT2D eigenvalue weighted by Crippen LogP contribution is -2.47. The second-order valence-corrected chi connectivity index (χ2v) is 6.61. The number of thiazole rings is 1. The maximum absolute atomic E-state index is 13.1. The van der Waals surface area contributed by atoms with Crippen LogP contribution in [0.3, 0.4) is 0 Å². The number of carbonyl (C=O) groups excluding carboxylic acids is 1. The molecule has 1 saturated carbocycles. The first-order chi connectivity index (χ1) is 9.21. The molecule has 0 saturated heterocycles. The van der Waals surface area contributed by atoms with E-state index in [2.05, 4.69) is 10.3 Å². The second kappa shape index (κ2) is 5.37. The molecule has 0 spiro atoms. The molecule has 0 radical (unpaired) electrons. The van der Waals surface area contributed by atoms with Gasteiger partial charge < -0.3 is 10.4 Å². The van der Waals surface area contributed by atoms with Crippen molar-refractivity contribution in [2.75, 3.05) is 6.54 Å². The molecule has 112 valence electrons. The highest BCUT2D eigenvalue weighted by Crippen LogP contribution is 2.38. The molecule has 0 bridgehead atoms. The fraction of sp³-hybridized carbons (Fsp3) is 0.692. The largest absolute Gasteiger partial charge is 0.388 e. The number of aliphatic hydroxyl groups is 1. The van der Waals surface area contributed by atoms with Crippen LogP contribution in [0.25, 0.3) is 0 Å². The van der Waals surface area contributed by atoms with Crippen molar-refractivity contribution in [3.05, 3.63) is 15.6 Å². The molecule has 0 aromatic carbocycles. The molecule has 2 rings (SSSR count). The molecule has 2 N–H and O–H groups in total. The Balaban J connectivity index is 1.92. The predicted molar refractivity (Wildman–Crippen MR) is 72.3 cm³/mol. The van der Waals surface area contributed by atoms with Crippen LogP contribution in [0.15, 0.2) is 0 Å². The third kappa shape index (κ3) is 3.52. The number of amides is 1. The number of halogens is 2. The number of rotatable bonds is 3. The minimum absolute atomic E-state index is 0.000973. The minimum atomic E-state index is -2.69. The number of nitrogens with one attached hydrogen (secondary N) is 1. The van der Waals surface area contributed by atoms with E-state index in [0.717, 1.165) is 5.01 Å². The molecule has 1 aromatic heterocycles. The Kier molecular flexibility index (Phi) is 4.11. The molecule has 4 nitrogen and oxygen atoms in total. The van der Waals surface area contributed by atoms with Crippen LogP contribution >= 0.6 is 11.3 Å². The summed E-state index contributed by atoms with van der Waals surface area (Å²) >= 11 is 1.28. The Morgan fingerprint density at radius 2 is 1.95 bits per heavy atom. The quantitative estimate of drug-likeness (QED) is 0.901. The molecule has 1 amide bonds. The molecular weight excluding hydrogens is 286 g/mol. The van der Waals surface area contributed by atoms with E-state index in [1.54, 1.807) is 6.92 Å². The molecular formula is C13H18F2N2O2S. The maximum Gasteiger partial charge on any atom is 0.263 e. The van der Waals surface area contributed by atoms with E-state index < -0.39 is 11.5 Å². The Morgan fingerprint density at radius 1 is 1.35 bits per heavy atom. The first kappa shape index (κ1) is 15.3. The van der Waals surface area contributed by atoms with Crippen molar-refractivity contribution in [3.8, 4) is 0 Å². The number of hydrogen-bond donors (Lipinski definition) is 2. The summed E-state index contributed by atoms with van der Waals surface area (Å²) in [5.41, 5.74) is -0.586. The average Bonchev–Trinajstić information content (AvgIpc) is 2.70. The van der Waals surface area contributed by atoms with Crippen LogP contribution in [-0.4, -0.2) is 34.1 Å². The number of aromatic nitrogens is 1. The number of hydrogen-bond acceptors (Lipinski definition) is 4. The summed E-state index contributed by atoms with van der Waals surface area (Å²) in [5.74, 6) is -3.00. The van der Waals surface area contributed by atoms with Gasteiger partial charge in [0.1, 0.15) is 4.88 Å². The van der Waals surface area contributed by atoms with Crippen LogP contribution < -0.4 is 5.32 Å². The summed E-state index contributed by atoms with van der Waals surface area (Å²) in [6, 6.07) is 0. The van der Waals surface area contributed by atoms with Gasteiger partial charge in [0.2, 0.25) is 5.92 Å². The Hall–Kier alpha value is -1.08. The maximum atomic E-state index is 13.1. The van der Waals surface area contributed by atoms with Gasteiger partial charge in [-0.15, -0.1) is 11.3 Å². The van der Waals surface area contributed by atoms with Crippen molar-refractivity contribution in [1.29, 1.82) is 0 Å². The van der Waals surface area contributed by atoms with Gasteiger partial charge in [0.25, 0.3) is 5.91 Å². The van der Waals surface area contributed by atoms with Gasteiger partial charge in [-0.05, 0) is 26.7 Å². The fourth-order valence-corrected chi connectivity index (χ4v) is 3.16. The zero-order chi connectivity index (χ0) is 15.0. The van der Waals surface area contributed by atoms with E-state index >= 15 is 0 Å². The van der Waals surface area contributed by atoms with Crippen LogP contribution in [0.4, 0.5) is 8.78 Å². The average molecular weight is 304 g/mol. The van der Waals surface area contributed by atoms with E-state index in [1.165, 1.54) is 11.3 Å². The van der Waals surface area contributed by atoms with Crippen LogP contribution in [-0.2, 0) is 0 Å². The lowest BCUT2D eigenvalue weighted by Gasteiger charge is -2.35. The van der Waals surface area contributed by atoms with Gasteiger partial charge in [0.15, 0.2) is 0 Å². The predicted octanol–water partition coefficient (Wildman–Crippen LogP) is 2.43. The van der Waals surface area contributed by atoms with Gasteiger partial charge in [0, 0.05) is 19.4 Å². The molecule has 1 aliphatic carbocycles. The number of aryl methyl sites for hydroxylation is 2. The molecule has 0 aliphatic heterocycles. The second-order valence-electron chi connectivity index (χ2n) is 5.41. The highest BCUT2D eigenvalue weighted by atomic mass is 32.1. The van der Waals surface area contributed by atoms with Gasteiger partial charge in [-0.1, -0.05) is 0 Å². The Labute approximate surface area is 120 Å². The summed E-state index contributed by atoms with van der Waals surface area (Å²) < 4.78 is 26.1. The molecule has 1 aliphatic rings. The molecule has 1 fully saturated rings. The van der Waals surface area contributed by atoms with Gasteiger partial charge >= 0.3 is 0 Å². The molecule has 1 aromatic rings. The van der Waals surface area contributed by atoms with E-state index in [4.69, 9.17) is 0 Å². The first-order valence-electron chi connectivity index (χ1n) is 6.53. The monoisotopic (exact) mass is 304 g/mol. The smallest absolute Gasteiger partial charge is 0.263 e. The summed E-state index contributed by atoms with van der Waals surface area (Å²) in [4.78, 5) is 16.7. The molecule has 1 heterocycles. The van der Waals surface area contributed by atoms with Crippen molar-refractivity contribution in [1.82, 2.24) is 10.3 Å². The number of carbonyl (C=O) groups is 1. The van der Waals surface area contributed by atoms with Crippen molar-refractivity contribution in [2.24, 2.45) is 0 Å². The third-order valence-electron chi connectivity index (χ3n) is 3.60. The highest BCUT2D eigenvalue weighted by molar-refractivity contribution is 7.13. The van der Waals surface area contributed by atoms with Gasteiger partial charge in [-0.3, -0.25) is 4.79 Å². The van der Waals surface area contributed by atoms with Crippen molar-refractivity contribution >= 4 is 17.2 Å². The van der Waals surface area contributed by atoms with Crippen LogP contribution in [0.2, 0.25) is 0 Å². The van der Waals surface area contributed by atoms with Crippen LogP contribution in [0, 0.1) is 13.8 Å². The molecule has 0 unspecified atom stereocenters. The van der Waals surface area contributed by atoms with Gasteiger partial charge in [0.05, 0.1) is 16.3 Å². The Morgan fingerprint density at radius 3 is 2.45 bits per heavy atom. The van der Waals surface area contributed by atoms with E-state index in [9.17, 15) is 18.7 Å². The SMILES string of the molecule is Cc1nc(C)c(C(=O)NCC2(O)CCC(F)(F)CC2)s1. The minimum Gasteiger partial charge on any atom is -0.388 e. The van der Waals surface area contributed by atoms with Gasteiger partial charge in [-0.2, -0.15) is 0 Å². The molecule has 0 atom stereocenters. The highest BCUT2D eigenvalue weighted by Gasteiger charge is 2.42. The summed E-state index contributed by atoms with van der Waals surface area (Å²) in [5, 5.41) is 13.6. The van der Waals surface area contributed by atoms with Crippen molar-refractivity contribution in [3.63, 3.8) is 0 Å². The van der Waals surface area contributed by atoms with Crippen LogP contribution in [0.5, 0.6) is 0 Å². The van der Waals surface area contributed by atoms with Gasteiger partial charge in [-0.25, -0.2) is 13.8 Å². The van der Waals surface area contributed by atoms with Crippen LogP contribution in [0.1, 0.15) is 46.1 Å². The van der Waals surface area contributed by atoms with E-state index in [-0.39, 0.29) is 38.1 Å². The standard InChI is InChI=1S/C13H18F2N2O2S/c1-8-10(20-9(2)17-8)11(18)16-7-12(19)3-5-13(14,15)6-4-12/h19H,3-7H2,1-2H3,(H,16,18).